The lowest BCUT2D eigenvalue weighted by atomic mass is 10.0. The third-order valence-electron chi connectivity index (χ3n) is 5.84. The Kier molecular flexibility index (Phi) is 5.21. The molecule has 1 fully saturated rings. The molecule has 8 heteroatoms. The summed E-state index contributed by atoms with van der Waals surface area (Å²) >= 11 is 0. The highest BCUT2D eigenvalue weighted by atomic mass is 16.5. The van der Waals surface area contributed by atoms with Gasteiger partial charge in [-0.3, -0.25) is 9.78 Å². The van der Waals surface area contributed by atoms with Gasteiger partial charge in [0, 0.05) is 24.8 Å². The van der Waals surface area contributed by atoms with Crippen LogP contribution in [0.15, 0.2) is 42.9 Å². The van der Waals surface area contributed by atoms with Crippen molar-refractivity contribution in [3.05, 3.63) is 59.7 Å². The Bertz CT molecular complexity index is 1130. The van der Waals surface area contributed by atoms with Gasteiger partial charge in [0.25, 0.3) is 5.91 Å². The highest BCUT2D eigenvalue weighted by molar-refractivity contribution is 6.07. The molecule has 0 radical (unpaired) electrons. The normalized spacial score (nSPS) is 15.5. The number of anilines is 3. The molecule has 3 N–H and O–H groups in total. The summed E-state index contributed by atoms with van der Waals surface area (Å²) in [6.07, 6.45) is 8.21. The molecule has 1 saturated heterocycles. The van der Waals surface area contributed by atoms with Gasteiger partial charge in [0.2, 0.25) is 0 Å². The standard InChI is InChI=1S/C23H24N6O2/c24-22-21(27-18(14-26-22)17-6-2-4-15-3-1-5-16(15)17)23(30)28-19-13-25-8-7-20(19)29-9-11-31-12-10-29/h2,4,6-8,13-14H,1,3,5,9-12H2,(H2,24,26)(H,28,30). The molecule has 2 aliphatic rings. The molecule has 0 saturated carbocycles. The molecule has 3 aromatic rings. The van der Waals surface area contributed by atoms with E-state index in [0.717, 1.165) is 43.6 Å². The average Bonchev–Trinajstić information content (AvgIpc) is 3.29. The minimum atomic E-state index is -0.401. The maximum atomic E-state index is 13.1. The predicted molar refractivity (Wildman–Crippen MR) is 119 cm³/mol. The van der Waals surface area contributed by atoms with E-state index in [0.29, 0.717) is 24.6 Å². The zero-order valence-electron chi connectivity index (χ0n) is 17.2. The summed E-state index contributed by atoms with van der Waals surface area (Å²) in [5.74, 6) is -0.299. The lowest BCUT2D eigenvalue weighted by Crippen LogP contribution is -2.36. The molecule has 2 aromatic heterocycles. The van der Waals surface area contributed by atoms with Gasteiger partial charge >= 0.3 is 0 Å². The number of nitrogen functional groups attached to an aromatic ring is 1. The predicted octanol–water partition coefficient (Wildman–Crippen LogP) is 2.70. The molecule has 31 heavy (non-hydrogen) atoms. The Morgan fingerprint density at radius 1 is 1.13 bits per heavy atom. The fourth-order valence-corrected chi connectivity index (χ4v) is 4.30. The Balaban J connectivity index is 1.45. The first-order valence-corrected chi connectivity index (χ1v) is 10.5. The molecular weight excluding hydrogens is 392 g/mol. The van der Waals surface area contributed by atoms with Crippen LogP contribution in [-0.4, -0.2) is 47.2 Å². The first-order chi connectivity index (χ1) is 15.2. The van der Waals surface area contributed by atoms with Crippen molar-refractivity contribution in [3.63, 3.8) is 0 Å². The van der Waals surface area contributed by atoms with Crippen molar-refractivity contribution >= 4 is 23.1 Å². The van der Waals surface area contributed by atoms with E-state index in [1.807, 2.05) is 18.2 Å². The van der Waals surface area contributed by atoms with Crippen LogP contribution in [0.25, 0.3) is 11.3 Å². The Morgan fingerprint density at radius 2 is 2.00 bits per heavy atom. The zero-order valence-corrected chi connectivity index (χ0v) is 17.2. The van der Waals surface area contributed by atoms with Crippen LogP contribution in [0.3, 0.4) is 0 Å². The van der Waals surface area contributed by atoms with Crippen molar-refractivity contribution < 1.29 is 9.53 Å². The van der Waals surface area contributed by atoms with Crippen molar-refractivity contribution in [2.75, 3.05) is 42.3 Å². The summed E-state index contributed by atoms with van der Waals surface area (Å²) in [6.45, 7) is 2.81. The van der Waals surface area contributed by atoms with Crippen LogP contribution in [0.5, 0.6) is 0 Å². The highest BCUT2D eigenvalue weighted by Crippen LogP contribution is 2.32. The third-order valence-corrected chi connectivity index (χ3v) is 5.84. The van der Waals surface area contributed by atoms with Gasteiger partial charge in [-0.25, -0.2) is 9.97 Å². The summed E-state index contributed by atoms with van der Waals surface area (Å²) in [7, 11) is 0. The maximum Gasteiger partial charge on any atom is 0.278 e. The van der Waals surface area contributed by atoms with E-state index in [1.54, 1.807) is 18.6 Å². The monoisotopic (exact) mass is 416 g/mol. The van der Waals surface area contributed by atoms with Crippen LogP contribution in [-0.2, 0) is 17.6 Å². The van der Waals surface area contributed by atoms with E-state index < -0.39 is 5.91 Å². The Labute approximate surface area is 180 Å². The topological polar surface area (TPSA) is 106 Å². The van der Waals surface area contributed by atoms with Crippen LogP contribution in [0.1, 0.15) is 28.0 Å². The number of rotatable bonds is 4. The molecule has 1 aliphatic carbocycles. The Hall–Kier alpha value is -3.52. The highest BCUT2D eigenvalue weighted by Gasteiger charge is 2.21. The number of carbonyl (C=O) groups is 1. The summed E-state index contributed by atoms with van der Waals surface area (Å²) in [4.78, 5) is 28.3. The van der Waals surface area contributed by atoms with Crippen LogP contribution in [0.2, 0.25) is 0 Å². The molecule has 5 rings (SSSR count). The third kappa shape index (κ3) is 3.82. The van der Waals surface area contributed by atoms with Crippen molar-refractivity contribution in [2.45, 2.75) is 19.3 Å². The molecule has 8 nitrogen and oxygen atoms in total. The molecule has 0 unspecified atom stereocenters. The summed E-state index contributed by atoms with van der Waals surface area (Å²) < 4.78 is 5.43. The van der Waals surface area contributed by atoms with E-state index in [1.165, 1.54) is 11.1 Å². The second-order valence-corrected chi connectivity index (χ2v) is 7.73. The SMILES string of the molecule is Nc1ncc(-c2cccc3c2CCC3)nc1C(=O)Nc1cnccc1N1CCOCC1. The summed E-state index contributed by atoms with van der Waals surface area (Å²) in [5, 5.41) is 2.93. The van der Waals surface area contributed by atoms with E-state index in [2.05, 4.69) is 31.2 Å². The van der Waals surface area contributed by atoms with Gasteiger partial charge < -0.3 is 20.7 Å². The van der Waals surface area contributed by atoms with E-state index in [-0.39, 0.29) is 11.5 Å². The fraction of sp³-hybridized carbons (Fsp3) is 0.304. The number of pyridine rings is 1. The molecule has 1 amide bonds. The quantitative estimate of drug-likeness (QED) is 0.673. The Morgan fingerprint density at radius 3 is 2.87 bits per heavy atom. The number of aryl methyl sites for hydroxylation is 1. The molecule has 0 spiro atoms. The van der Waals surface area contributed by atoms with Crippen LogP contribution < -0.4 is 16.0 Å². The first kappa shape index (κ1) is 19.4. The molecular formula is C23H24N6O2. The lowest BCUT2D eigenvalue weighted by Gasteiger charge is -2.30. The van der Waals surface area contributed by atoms with Gasteiger partial charge in [-0.05, 0) is 36.5 Å². The number of ether oxygens (including phenoxy) is 1. The van der Waals surface area contributed by atoms with E-state index in [9.17, 15) is 4.79 Å². The molecule has 3 heterocycles. The van der Waals surface area contributed by atoms with Gasteiger partial charge in [-0.2, -0.15) is 0 Å². The summed E-state index contributed by atoms with van der Waals surface area (Å²) in [6, 6.07) is 8.10. The van der Waals surface area contributed by atoms with Crippen molar-refractivity contribution in [1.82, 2.24) is 15.0 Å². The largest absolute Gasteiger partial charge is 0.382 e. The number of benzene rings is 1. The molecule has 1 aliphatic heterocycles. The van der Waals surface area contributed by atoms with Gasteiger partial charge in [0.15, 0.2) is 11.5 Å². The van der Waals surface area contributed by atoms with Crippen molar-refractivity contribution in [1.29, 1.82) is 0 Å². The van der Waals surface area contributed by atoms with Crippen LogP contribution >= 0.6 is 0 Å². The minimum absolute atomic E-state index is 0.102. The second kappa shape index (κ2) is 8.31. The number of nitrogens with two attached hydrogens (primary N) is 1. The number of morpholine rings is 1. The van der Waals surface area contributed by atoms with Crippen molar-refractivity contribution in [3.8, 4) is 11.3 Å². The van der Waals surface area contributed by atoms with Gasteiger partial charge in [0.1, 0.15) is 0 Å². The average molecular weight is 416 g/mol. The second-order valence-electron chi connectivity index (χ2n) is 7.73. The van der Waals surface area contributed by atoms with Crippen LogP contribution in [0, 0.1) is 0 Å². The van der Waals surface area contributed by atoms with Gasteiger partial charge in [-0.1, -0.05) is 18.2 Å². The number of carbonyl (C=O) groups excluding carboxylic acids is 1. The van der Waals surface area contributed by atoms with Gasteiger partial charge in [-0.15, -0.1) is 0 Å². The first-order valence-electron chi connectivity index (χ1n) is 10.5. The maximum absolute atomic E-state index is 13.1. The van der Waals surface area contributed by atoms with Gasteiger partial charge in [0.05, 0.1) is 42.7 Å². The molecule has 1 aromatic carbocycles. The molecule has 158 valence electrons. The number of amides is 1. The lowest BCUT2D eigenvalue weighted by molar-refractivity contribution is 0.102. The molecule has 0 atom stereocenters. The van der Waals surface area contributed by atoms with Crippen molar-refractivity contribution in [2.24, 2.45) is 0 Å². The number of hydrogen-bond donors (Lipinski definition) is 2. The number of nitrogens with one attached hydrogen (secondary N) is 1. The van der Waals surface area contributed by atoms with E-state index in [4.69, 9.17) is 10.5 Å². The number of nitrogens with zero attached hydrogens (tertiary/aromatic N) is 4. The number of aromatic nitrogens is 3. The minimum Gasteiger partial charge on any atom is -0.382 e. The zero-order chi connectivity index (χ0) is 21.2. The summed E-state index contributed by atoms with van der Waals surface area (Å²) in [5.41, 5.74) is 12.0. The fourth-order valence-electron chi connectivity index (χ4n) is 4.30. The van der Waals surface area contributed by atoms with E-state index >= 15 is 0 Å². The smallest absolute Gasteiger partial charge is 0.278 e. The van der Waals surface area contributed by atoms with Crippen LogP contribution in [0.4, 0.5) is 17.2 Å². The number of fused-ring (bicyclic) bond motifs is 1. The molecule has 0 bridgehead atoms. The number of hydrogen-bond acceptors (Lipinski definition) is 7.